The maximum absolute atomic E-state index is 12.2. The minimum atomic E-state index is -0.419. The maximum atomic E-state index is 12.2. The Bertz CT molecular complexity index is 1440. The van der Waals surface area contributed by atoms with Crippen molar-refractivity contribution in [3.63, 3.8) is 0 Å². The molecule has 178 valence electrons. The molecule has 0 saturated heterocycles. The van der Waals surface area contributed by atoms with E-state index >= 15 is 0 Å². The molecule has 1 N–H and O–H groups in total. The van der Waals surface area contributed by atoms with E-state index in [4.69, 9.17) is 4.74 Å². The average Bonchev–Trinajstić information content (AvgIpc) is 3.17. The highest BCUT2D eigenvalue weighted by Gasteiger charge is 2.36. The van der Waals surface area contributed by atoms with Crippen molar-refractivity contribution < 1.29 is 14.6 Å². The van der Waals surface area contributed by atoms with Gasteiger partial charge in [-0.05, 0) is 54.8 Å². The van der Waals surface area contributed by atoms with Crippen LogP contribution in [0.15, 0.2) is 96.3 Å². The number of carbonyl (C=O) groups is 1. The summed E-state index contributed by atoms with van der Waals surface area (Å²) in [6.45, 7) is 5.20. The van der Waals surface area contributed by atoms with Gasteiger partial charge < -0.3 is 19.3 Å². The Balaban J connectivity index is 1.49. The number of fused-ring (bicyclic) bond motifs is 4. The van der Waals surface area contributed by atoms with Gasteiger partial charge in [0.15, 0.2) is 0 Å². The number of aliphatic hydroxyl groups excluding tert-OH is 1. The lowest BCUT2D eigenvalue weighted by Crippen LogP contribution is -2.47. The lowest BCUT2D eigenvalue weighted by Gasteiger charge is -2.43. The number of aliphatic hydroxyl groups is 1. The van der Waals surface area contributed by atoms with E-state index in [1.54, 1.807) is 0 Å². The predicted molar refractivity (Wildman–Crippen MR) is 142 cm³/mol. The van der Waals surface area contributed by atoms with Crippen molar-refractivity contribution in [3.8, 4) is 0 Å². The molecule has 5 nitrogen and oxygen atoms in total. The fourth-order valence-electron chi connectivity index (χ4n) is 5.12. The molecule has 5 heteroatoms. The van der Waals surface area contributed by atoms with E-state index in [0.29, 0.717) is 13.2 Å². The van der Waals surface area contributed by atoms with Crippen LogP contribution in [-0.2, 0) is 16.1 Å². The van der Waals surface area contributed by atoms with Gasteiger partial charge >= 0.3 is 5.97 Å². The summed E-state index contributed by atoms with van der Waals surface area (Å²) in [5.74, 6) is -0.228. The first-order chi connectivity index (χ1) is 17.0. The highest BCUT2D eigenvalue weighted by Crippen LogP contribution is 2.37. The summed E-state index contributed by atoms with van der Waals surface area (Å²) >= 11 is 0. The van der Waals surface area contributed by atoms with Gasteiger partial charge in [-0.15, -0.1) is 0 Å². The first kappa shape index (κ1) is 22.9. The second-order valence-electron chi connectivity index (χ2n) is 8.99. The van der Waals surface area contributed by atoms with Crippen LogP contribution in [0.3, 0.4) is 0 Å². The number of rotatable bonds is 7. The minimum absolute atomic E-state index is 0.104. The molecule has 1 atom stereocenters. The number of ether oxygens (including phenoxy) is 1. The Hall–Kier alpha value is -3.83. The van der Waals surface area contributed by atoms with Crippen LogP contribution in [0, 0.1) is 0 Å². The van der Waals surface area contributed by atoms with Crippen molar-refractivity contribution in [1.29, 1.82) is 0 Å². The first-order valence-corrected chi connectivity index (χ1v) is 12.1. The third kappa shape index (κ3) is 4.13. The average molecular weight is 467 g/mol. The molecule has 0 bridgehead atoms. The number of benzene rings is 2. The van der Waals surface area contributed by atoms with Crippen LogP contribution < -0.4 is 0 Å². The van der Waals surface area contributed by atoms with Crippen molar-refractivity contribution in [2.24, 2.45) is 0 Å². The van der Waals surface area contributed by atoms with Crippen molar-refractivity contribution in [2.45, 2.75) is 25.9 Å². The Morgan fingerprint density at radius 3 is 2.71 bits per heavy atom. The largest absolute Gasteiger partial charge is 0.465 e. The van der Waals surface area contributed by atoms with Crippen LogP contribution in [-0.4, -0.2) is 45.8 Å². The molecule has 3 aromatic rings. The molecule has 2 aromatic carbocycles. The molecule has 0 amide bonds. The molecule has 35 heavy (non-hydrogen) atoms. The SMILES string of the molecule is CCOC(=O)CN1C=CC(/C=C/c2ccc3c(c2)c2ccccc2n3CCO)=C2C=CC=CC21C. The fourth-order valence-corrected chi connectivity index (χ4v) is 5.12. The van der Waals surface area contributed by atoms with E-state index in [2.05, 4.69) is 78.3 Å². The lowest BCUT2D eigenvalue weighted by atomic mass is 9.81. The molecule has 1 aliphatic heterocycles. The minimum Gasteiger partial charge on any atom is -0.465 e. The number of allylic oxidation sites excluding steroid dienone is 5. The van der Waals surface area contributed by atoms with Gasteiger partial charge in [-0.1, -0.05) is 60.7 Å². The van der Waals surface area contributed by atoms with Crippen molar-refractivity contribution in [1.82, 2.24) is 9.47 Å². The smallest absolute Gasteiger partial charge is 0.325 e. The number of carbonyl (C=O) groups excluding carboxylic acids is 1. The van der Waals surface area contributed by atoms with E-state index in [0.717, 1.165) is 27.7 Å². The number of para-hydroxylation sites is 1. The number of esters is 1. The van der Waals surface area contributed by atoms with Crippen LogP contribution in [0.2, 0.25) is 0 Å². The van der Waals surface area contributed by atoms with Gasteiger partial charge in [-0.3, -0.25) is 4.79 Å². The number of nitrogens with zero attached hydrogens (tertiary/aromatic N) is 2. The van der Waals surface area contributed by atoms with Crippen molar-refractivity contribution in [2.75, 3.05) is 19.8 Å². The molecule has 2 aliphatic rings. The zero-order valence-electron chi connectivity index (χ0n) is 20.1. The summed E-state index contributed by atoms with van der Waals surface area (Å²) in [5, 5.41) is 11.9. The molecule has 0 fully saturated rings. The normalized spacial score (nSPS) is 19.3. The fraction of sp³-hybridized carbons (Fsp3) is 0.233. The molecule has 0 radical (unpaired) electrons. The Morgan fingerprint density at radius 2 is 1.89 bits per heavy atom. The summed E-state index contributed by atoms with van der Waals surface area (Å²) in [7, 11) is 0. The molecule has 1 aliphatic carbocycles. The Morgan fingerprint density at radius 1 is 1.06 bits per heavy atom. The highest BCUT2D eigenvalue weighted by molar-refractivity contribution is 6.08. The van der Waals surface area contributed by atoms with Gasteiger partial charge in [0.05, 0.1) is 18.8 Å². The summed E-state index contributed by atoms with van der Waals surface area (Å²) in [5.41, 5.74) is 5.20. The van der Waals surface area contributed by atoms with Crippen LogP contribution in [0.25, 0.3) is 27.9 Å². The Labute approximate surface area is 205 Å². The van der Waals surface area contributed by atoms with E-state index < -0.39 is 5.54 Å². The van der Waals surface area contributed by atoms with Crippen LogP contribution >= 0.6 is 0 Å². The van der Waals surface area contributed by atoms with Crippen molar-refractivity contribution in [3.05, 3.63) is 102 Å². The zero-order valence-corrected chi connectivity index (χ0v) is 20.1. The van der Waals surface area contributed by atoms with Crippen molar-refractivity contribution >= 4 is 33.9 Å². The van der Waals surface area contributed by atoms with E-state index in [1.165, 1.54) is 10.8 Å². The van der Waals surface area contributed by atoms with Crippen LogP contribution in [0.4, 0.5) is 0 Å². The topological polar surface area (TPSA) is 54.7 Å². The van der Waals surface area contributed by atoms with E-state index in [-0.39, 0.29) is 19.1 Å². The standard InChI is InChI=1S/C30H30N2O3/c1-3-35-29(34)21-31-17-15-23(26-9-6-7-16-30(26,31)2)13-11-22-12-14-28-25(20-22)24-8-4-5-10-27(24)32(28)18-19-33/h4-17,20,33H,3,18-19,21H2,1-2H3/b13-11+. The first-order valence-electron chi connectivity index (χ1n) is 12.1. The molecule has 2 heterocycles. The number of hydrogen-bond acceptors (Lipinski definition) is 4. The quantitative estimate of drug-likeness (QED) is 0.476. The number of aromatic nitrogens is 1. The third-order valence-corrected chi connectivity index (χ3v) is 6.86. The number of hydrogen-bond donors (Lipinski definition) is 1. The summed E-state index contributed by atoms with van der Waals surface area (Å²) < 4.78 is 7.36. The van der Waals surface area contributed by atoms with Gasteiger partial charge in [0.1, 0.15) is 6.54 Å². The predicted octanol–water partition coefficient (Wildman–Crippen LogP) is 5.37. The summed E-state index contributed by atoms with van der Waals surface area (Å²) in [6.07, 6.45) is 16.6. The zero-order chi connectivity index (χ0) is 24.4. The summed E-state index contributed by atoms with van der Waals surface area (Å²) in [4.78, 5) is 14.2. The second kappa shape index (κ2) is 9.43. The van der Waals surface area contributed by atoms with E-state index in [9.17, 15) is 9.90 Å². The molecular formula is C30H30N2O3. The molecule has 1 aromatic heterocycles. The van der Waals surface area contributed by atoms with Gasteiger partial charge in [-0.25, -0.2) is 0 Å². The van der Waals surface area contributed by atoms with Gasteiger partial charge in [-0.2, -0.15) is 0 Å². The second-order valence-corrected chi connectivity index (χ2v) is 8.99. The molecular weight excluding hydrogens is 436 g/mol. The van der Waals surface area contributed by atoms with Gasteiger partial charge in [0.25, 0.3) is 0 Å². The monoisotopic (exact) mass is 466 g/mol. The third-order valence-electron chi connectivity index (χ3n) is 6.86. The highest BCUT2D eigenvalue weighted by atomic mass is 16.5. The lowest BCUT2D eigenvalue weighted by molar-refractivity contribution is -0.144. The molecule has 5 rings (SSSR count). The molecule has 0 spiro atoms. The maximum Gasteiger partial charge on any atom is 0.325 e. The molecule has 0 saturated carbocycles. The van der Waals surface area contributed by atoms with Crippen LogP contribution in [0.1, 0.15) is 19.4 Å². The van der Waals surface area contributed by atoms with Gasteiger partial charge in [0, 0.05) is 34.6 Å². The van der Waals surface area contributed by atoms with Gasteiger partial charge in [0.2, 0.25) is 0 Å². The summed E-state index contributed by atoms with van der Waals surface area (Å²) in [6, 6.07) is 14.8. The van der Waals surface area contributed by atoms with E-state index in [1.807, 2.05) is 36.2 Å². The Kier molecular flexibility index (Phi) is 6.18. The van der Waals surface area contributed by atoms with Crippen LogP contribution in [0.5, 0.6) is 0 Å². The molecule has 1 unspecified atom stereocenters.